The first-order valence-electron chi connectivity index (χ1n) is 18.4. The lowest BCUT2D eigenvalue weighted by Crippen LogP contribution is -1.96. The molecule has 0 saturated heterocycles. The molecule has 10 aromatic rings. The van der Waals surface area contributed by atoms with Crippen molar-refractivity contribution in [3.8, 4) is 67.3 Å². The van der Waals surface area contributed by atoms with E-state index in [0.29, 0.717) is 5.82 Å². The Bertz CT molecular complexity index is 2950. The third-order valence-corrected chi connectivity index (χ3v) is 10.5. The molecule has 2 heteroatoms. The lowest BCUT2D eigenvalue weighted by molar-refractivity contribution is 1.18. The maximum Gasteiger partial charge on any atom is 0.160 e. The van der Waals surface area contributed by atoms with Gasteiger partial charge in [-0.2, -0.15) is 0 Å². The maximum absolute atomic E-state index is 5.23. The molecule has 0 spiro atoms. The lowest BCUT2D eigenvalue weighted by atomic mass is 9.89. The van der Waals surface area contributed by atoms with Gasteiger partial charge in [-0.15, -0.1) is 0 Å². The van der Waals surface area contributed by atoms with E-state index in [1.165, 1.54) is 54.6 Å². The molecular formula is C52H34N2. The molecule has 2 nitrogen and oxygen atoms in total. The quantitative estimate of drug-likeness (QED) is 0.163. The minimum atomic E-state index is 0.694. The highest BCUT2D eigenvalue weighted by Crippen LogP contribution is 2.40. The number of hydrogen-bond donors (Lipinski definition) is 0. The second-order valence-electron chi connectivity index (χ2n) is 13.8. The topological polar surface area (TPSA) is 25.8 Å². The Kier molecular flexibility index (Phi) is 7.85. The summed E-state index contributed by atoms with van der Waals surface area (Å²) in [7, 11) is 0. The number of fused-ring (bicyclic) bond motifs is 6. The molecule has 1 aromatic heterocycles. The van der Waals surface area contributed by atoms with Crippen LogP contribution in [0, 0.1) is 0 Å². The maximum atomic E-state index is 5.23. The first-order valence-corrected chi connectivity index (χ1v) is 18.4. The molecule has 54 heavy (non-hydrogen) atoms. The number of benzene rings is 9. The summed E-state index contributed by atoms with van der Waals surface area (Å²) in [5, 5.41) is 7.66. The highest BCUT2D eigenvalue weighted by molar-refractivity contribution is 6.25. The minimum Gasteiger partial charge on any atom is -0.228 e. The van der Waals surface area contributed by atoms with Gasteiger partial charge in [-0.05, 0) is 90.0 Å². The molecule has 0 aliphatic carbocycles. The molecular weight excluding hydrogens is 653 g/mol. The van der Waals surface area contributed by atoms with E-state index in [2.05, 4.69) is 194 Å². The Morgan fingerprint density at radius 3 is 1.30 bits per heavy atom. The zero-order chi connectivity index (χ0) is 35.8. The number of aromatic nitrogens is 2. The summed E-state index contributed by atoms with van der Waals surface area (Å²) in [6.07, 6.45) is 0. The van der Waals surface area contributed by atoms with Gasteiger partial charge in [-0.1, -0.05) is 182 Å². The van der Waals surface area contributed by atoms with Crippen LogP contribution in [0.3, 0.4) is 0 Å². The molecule has 0 aliphatic heterocycles. The highest BCUT2D eigenvalue weighted by Gasteiger charge is 2.15. The van der Waals surface area contributed by atoms with Crippen molar-refractivity contribution >= 4 is 32.3 Å². The fraction of sp³-hybridized carbons (Fsp3) is 0. The summed E-state index contributed by atoms with van der Waals surface area (Å²) < 4.78 is 0. The zero-order valence-corrected chi connectivity index (χ0v) is 29.5. The molecule has 1 heterocycles. The predicted octanol–water partition coefficient (Wildman–Crippen LogP) is 13.9. The van der Waals surface area contributed by atoms with Crippen LogP contribution in [-0.2, 0) is 0 Å². The second kappa shape index (κ2) is 13.4. The standard InChI is InChI=1S/C52H34N2/c1-3-15-35(16-4-1)37-19-13-21-40(31-37)51-34-50(36-17-5-2-6-18-36)53-52(54-51)41-22-14-20-38(32-41)42-23-7-8-24-43(42)39-29-30-48-46-27-10-9-25-44(46)45-26-11-12-28-47(45)49(48)33-39/h1-34H. The summed E-state index contributed by atoms with van der Waals surface area (Å²) >= 11 is 0. The van der Waals surface area contributed by atoms with E-state index >= 15 is 0 Å². The molecule has 0 N–H and O–H groups in total. The summed E-state index contributed by atoms with van der Waals surface area (Å²) in [6.45, 7) is 0. The van der Waals surface area contributed by atoms with Gasteiger partial charge in [0.15, 0.2) is 5.82 Å². The van der Waals surface area contributed by atoms with Crippen molar-refractivity contribution in [1.82, 2.24) is 9.97 Å². The first-order chi connectivity index (χ1) is 26.8. The third kappa shape index (κ3) is 5.71. The molecule has 0 bridgehead atoms. The molecule has 0 amide bonds. The van der Waals surface area contributed by atoms with E-state index in [0.717, 1.165) is 39.2 Å². The average molecular weight is 687 g/mol. The van der Waals surface area contributed by atoms with Gasteiger partial charge < -0.3 is 0 Å². The normalized spacial score (nSPS) is 11.3. The lowest BCUT2D eigenvalue weighted by Gasteiger charge is -2.15. The van der Waals surface area contributed by atoms with Gasteiger partial charge in [-0.3, -0.25) is 0 Å². The summed E-state index contributed by atoms with van der Waals surface area (Å²) in [5.74, 6) is 0.694. The van der Waals surface area contributed by atoms with Crippen LogP contribution in [0.25, 0.3) is 99.6 Å². The van der Waals surface area contributed by atoms with E-state index in [1.807, 2.05) is 12.1 Å². The monoisotopic (exact) mass is 686 g/mol. The van der Waals surface area contributed by atoms with Crippen LogP contribution >= 0.6 is 0 Å². The van der Waals surface area contributed by atoms with E-state index < -0.39 is 0 Å². The minimum absolute atomic E-state index is 0.694. The molecule has 0 aliphatic rings. The van der Waals surface area contributed by atoms with Crippen LogP contribution in [-0.4, -0.2) is 9.97 Å². The zero-order valence-electron chi connectivity index (χ0n) is 29.5. The van der Waals surface area contributed by atoms with E-state index in [1.54, 1.807) is 0 Å². The molecule has 10 rings (SSSR count). The largest absolute Gasteiger partial charge is 0.228 e. The van der Waals surface area contributed by atoms with Crippen LogP contribution in [0.15, 0.2) is 206 Å². The molecule has 0 unspecified atom stereocenters. The number of hydrogen-bond acceptors (Lipinski definition) is 2. The number of rotatable bonds is 6. The van der Waals surface area contributed by atoms with E-state index in [9.17, 15) is 0 Å². The van der Waals surface area contributed by atoms with Crippen molar-refractivity contribution in [3.05, 3.63) is 206 Å². The van der Waals surface area contributed by atoms with Gasteiger partial charge in [0.2, 0.25) is 0 Å². The van der Waals surface area contributed by atoms with Crippen molar-refractivity contribution in [2.24, 2.45) is 0 Å². The van der Waals surface area contributed by atoms with Crippen LogP contribution < -0.4 is 0 Å². The third-order valence-electron chi connectivity index (χ3n) is 10.5. The Labute approximate surface area is 314 Å². The van der Waals surface area contributed by atoms with E-state index in [-0.39, 0.29) is 0 Å². The van der Waals surface area contributed by atoms with Gasteiger partial charge in [0.1, 0.15) is 0 Å². The predicted molar refractivity (Wildman–Crippen MR) is 227 cm³/mol. The summed E-state index contributed by atoms with van der Waals surface area (Å²) in [5.41, 5.74) is 11.8. The molecule has 252 valence electrons. The second-order valence-corrected chi connectivity index (χ2v) is 13.8. The van der Waals surface area contributed by atoms with Crippen molar-refractivity contribution in [1.29, 1.82) is 0 Å². The Hall–Kier alpha value is -7.16. The van der Waals surface area contributed by atoms with Crippen LogP contribution in [0.5, 0.6) is 0 Å². The van der Waals surface area contributed by atoms with Gasteiger partial charge in [0, 0.05) is 16.7 Å². The molecule has 0 saturated carbocycles. The molecule has 0 fully saturated rings. The van der Waals surface area contributed by atoms with Crippen molar-refractivity contribution in [3.63, 3.8) is 0 Å². The van der Waals surface area contributed by atoms with Crippen LogP contribution in [0.4, 0.5) is 0 Å². The first kappa shape index (κ1) is 31.6. The number of nitrogens with zero attached hydrogens (tertiary/aromatic N) is 2. The van der Waals surface area contributed by atoms with Crippen molar-refractivity contribution < 1.29 is 0 Å². The SMILES string of the molecule is c1ccc(-c2cccc(-c3cc(-c4ccccc4)nc(-c4cccc(-c5ccccc5-c5ccc6c7ccccc7c7ccccc7c6c5)c4)n3)c2)cc1. The summed E-state index contributed by atoms with van der Waals surface area (Å²) in [4.78, 5) is 10.4. The van der Waals surface area contributed by atoms with Gasteiger partial charge in [0.05, 0.1) is 11.4 Å². The van der Waals surface area contributed by atoms with Gasteiger partial charge >= 0.3 is 0 Å². The van der Waals surface area contributed by atoms with Crippen molar-refractivity contribution in [2.45, 2.75) is 0 Å². The van der Waals surface area contributed by atoms with Crippen molar-refractivity contribution in [2.75, 3.05) is 0 Å². The van der Waals surface area contributed by atoms with Gasteiger partial charge in [0.25, 0.3) is 0 Å². The fourth-order valence-electron chi connectivity index (χ4n) is 7.86. The molecule has 0 atom stereocenters. The van der Waals surface area contributed by atoms with E-state index in [4.69, 9.17) is 9.97 Å². The average Bonchev–Trinajstić information content (AvgIpc) is 3.27. The Morgan fingerprint density at radius 1 is 0.222 bits per heavy atom. The highest BCUT2D eigenvalue weighted by atomic mass is 14.9. The molecule has 9 aromatic carbocycles. The molecule has 0 radical (unpaired) electrons. The Balaban J connectivity index is 1.10. The van der Waals surface area contributed by atoms with Crippen LogP contribution in [0.1, 0.15) is 0 Å². The van der Waals surface area contributed by atoms with Gasteiger partial charge in [-0.25, -0.2) is 9.97 Å². The smallest absolute Gasteiger partial charge is 0.160 e. The van der Waals surface area contributed by atoms with Crippen LogP contribution in [0.2, 0.25) is 0 Å². The summed E-state index contributed by atoms with van der Waals surface area (Å²) in [6, 6.07) is 73.4. The Morgan fingerprint density at radius 2 is 0.648 bits per heavy atom. The fourth-order valence-corrected chi connectivity index (χ4v) is 7.86.